The standard InChI is InChI=1S/C12H17F2NO3/c1-5-17-12(16)9-8(10(13)14)15-11(18-9)7(4)6(2)3/h6-7,10H,5H2,1-4H3. The molecule has 1 aromatic heterocycles. The molecule has 0 saturated heterocycles. The Morgan fingerprint density at radius 2 is 2.00 bits per heavy atom. The Kier molecular flexibility index (Phi) is 4.81. The lowest BCUT2D eigenvalue weighted by atomic mass is 9.98. The Hall–Kier alpha value is -1.46. The van der Waals surface area contributed by atoms with E-state index in [-0.39, 0.29) is 24.3 Å². The van der Waals surface area contributed by atoms with Crippen molar-refractivity contribution in [2.75, 3.05) is 6.61 Å². The molecule has 0 radical (unpaired) electrons. The molecule has 102 valence electrons. The van der Waals surface area contributed by atoms with E-state index in [1.54, 1.807) is 13.8 Å². The van der Waals surface area contributed by atoms with E-state index in [1.807, 2.05) is 13.8 Å². The molecule has 0 N–H and O–H groups in total. The van der Waals surface area contributed by atoms with Gasteiger partial charge >= 0.3 is 5.97 Å². The summed E-state index contributed by atoms with van der Waals surface area (Å²) >= 11 is 0. The second kappa shape index (κ2) is 5.93. The molecular weight excluding hydrogens is 244 g/mol. The van der Waals surface area contributed by atoms with Crippen LogP contribution in [0.2, 0.25) is 0 Å². The zero-order valence-electron chi connectivity index (χ0n) is 10.9. The van der Waals surface area contributed by atoms with Gasteiger partial charge in [-0.1, -0.05) is 20.8 Å². The molecule has 0 saturated carbocycles. The van der Waals surface area contributed by atoms with Crippen molar-refractivity contribution in [1.82, 2.24) is 4.98 Å². The van der Waals surface area contributed by atoms with Crippen molar-refractivity contribution in [3.63, 3.8) is 0 Å². The average molecular weight is 261 g/mol. The molecular formula is C12H17F2NO3. The minimum absolute atomic E-state index is 0.0945. The third-order valence-electron chi connectivity index (χ3n) is 2.73. The van der Waals surface area contributed by atoms with E-state index in [0.717, 1.165) is 0 Å². The molecule has 0 fully saturated rings. The molecule has 0 aliphatic carbocycles. The number of aromatic nitrogens is 1. The van der Waals surface area contributed by atoms with Gasteiger partial charge in [-0.3, -0.25) is 0 Å². The lowest BCUT2D eigenvalue weighted by Gasteiger charge is -2.10. The first kappa shape index (κ1) is 14.6. The second-order valence-corrected chi connectivity index (χ2v) is 4.32. The Balaban J connectivity index is 3.12. The van der Waals surface area contributed by atoms with Gasteiger partial charge in [0.25, 0.3) is 6.43 Å². The van der Waals surface area contributed by atoms with Crippen LogP contribution in [0.1, 0.15) is 62.2 Å². The number of halogens is 2. The highest BCUT2D eigenvalue weighted by Crippen LogP contribution is 2.29. The first-order valence-corrected chi connectivity index (χ1v) is 5.84. The van der Waals surface area contributed by atoms with Crippen molar-refractivity contribution in [3.05, 3.63) is 17.3 Å². The zero-order valence-corrected chi connectivity index (χ0v) is 10.9. The maximum atomic E-state index is 12.8. The molecule has 1 unspecified atom stereocenters. The van der Waals surface area contributed by atoms with E-state index in [0.29, 0.717) is 0 Å². The van der Waals surface area contributed by atoms with Crippen LogP contribution in [0.4, 0.5) is 8.78 Å². The largest absolute Gasteiger partial charge is 0.460 e. The van der Waals surface area contributed by atoms with Gasteiger partial charge in [0, 0.05) is 5.92 Å². The van der Waals surface area contributed by atoms with Crippen LogP contribution in [-0.4, -0.2) is 17.6 Å². The minimum Gasteiger partial charge on any atom is -0.460 e. The Morgan fingerprint density at radius 3 is 2.44 bits per heavy atom. The van der Waals surface area contributed by atoms with Gasteiger partial charge in [0.05, 0.1) is 6.61 Å². The molecule has 18 heavy (non-hydrogen) atoms. The second-order valence-electron chi connectivity index (χ2n) is 4.32. The fourth-order valence-corrected chi connectivity index (χ4v) is 1.32. The molecule has 0 aliphatic rings. The van der Waals surface area contributed by atoms with Crippen molar-refractivity contribution < 1.29 is 22.7 Å². The van der Waals surface area contributed by atoms with E-state index >= 15 is 0 Å². The van der Waals surface area contributed by atoms with Crippen molar-refractivity contribution >= 4 is 5.97 Å². The van der Waals surface area contributed by atoms with Crippen LogP contribution < -0.4 is 0 Å². The Bertz CT molecular complexity index is 415. The van der Waals surface area contributed by atoms with E-state index in [4.69, 9.17) is 4.42 Å². The Labute approximate surface area is 104 Å². The summed E-state index contributed by atoms with van der Waals surface area (Å²) in [5.74, 6) is -1.23. The Morgan fingerprint density at radius 1 is 1.39 bits per heavy atom. The van der Waals surface area contributed by atoms with E-state index < -0.39 is 23.8 Å². The summed E-state index contributed by atoms with van der Waals surface area (Å²) in [4.78, 5) is 15.2. The molecule has 1 heterocycles. The molecule has 0 bridgehead atoms. The summed E-state index contributed by atoms with van der Waals surface area (Å²) in [6.07, 6.45) is -2.86. The van der Waals surface area contributed by atoms with Crippen LogP contribution in [0, 0.1) is 5.92 Å². The number of esters is 1. The molecule has 4 nitrogen and oxygen atoms in total. The number of carbonyl (C=O) groups excluding carboxylic acids is 1. The van der Waals surface area contributed by atoms with Gasteiger partial charge in [-0.15, -0.1) is 0 Å². The highest BCUT2D eigenvalue weighted by molar-refractivity contribution is 5.87. The molecule has 0 aliphatic heterocycles. The van der Waals surface area contributed by atoms with Crippen LogP contribution in [-0.2, 0) is 4.74 Å². The number of alkyl halides is 2. The lowest BCUT2D eigenvalue weighted by Crippen LogP contribution is -2.06. The number of rotatable bonds is 5. The predicted octanol–water partition coefficient (Wildman–Crippen LogP) is 3.55. The van der Waals surface area contributed by atoms with Crippen molar-refractivity contribution in [2.24, 2.45) is 5.92 Å². The van der Waals surface area contributed by atoms with E-state index in [1.165, 1.54) is 0 Å². The predicted molar refractivity (Wildman–Crippen MR) is 60.7 cm³/mol. The number of oxazole rings is 1. The smallest absolute Gasteiger partial charge is 0.376 e. The molecule has 1 rings (SSSR count). The molecule has 0 amide bonds. The minimum atomic E-state index is -2.86. The van der Waals surface area contributed by atoms with Crippen molar-refractivity contribution in [2.45, 2.75) is 40.0 Å². The van der Waals surface area contributed by atoms with Gasteiger partial charge in [0.1, 0.15) is 0 Å². The highest BCUT2D eigenvalue weighted by Gasteiger charge is 2.29. The average Bonchev–Trinajstić information content (AvgIpc) is 2.72. The fourth-order valence-electron chi connectivity index (χ4n) is 1.32. The van der Waals surface area contributed by atoms with Crippen LogP contribution in [0.15, 0.2) is 4.42 Å². The van der Waals surface area contributed by atoms with E-state index in [2.05, 4.69) is 9.72 Å². The summed E-state index contributed by atoms with van der Waals surface area (Å²) in [5.41, 5.74) is -0.643. The topological polar surface area (TPSA) is 52.3 Å². The van der Waals surface area contributed by atoms with Gasteiger partial charge < -0.3 is 9.15 Å². The van der Waals surface area contributed by atoms with Crippen LogP contribution in [0.5, 0.6) is 0 Å². The van der Waals surface area contributed by atoms with Gasteiger partial charge in [0.15, 0.2) is 11.6 Å². The SMILES string of the molecule is CCOC(=O)c1oc(C(C)C(C)C)nc1C(F)F. The number of nitrogens with zero attached hydrogens (tertiary/aromatic N) is 1. The van der Waals surface area contributed by atoms with Gasteiger partial charge in [0.2, 0.25) is 5.76 Å². The normalized spacial score (nSPS) is 13.1. The van der Waals surface area contributed by atoms with E-state index in [9.17, 15) is 13.6 Å². The summed E-state index contributed by atoms with van der Waals surface area (Å²) in [5, 5.41) is 0. The van der Waals surface area contributed by atoms with Gasteiger partial charge in [-0.25, -0.2) is 18.6 Å². The van der Waals surface area contributed by atoms with Gasteiger partial charge in [-0.05, 0) is 12.8 Å². The third-order valence-corrected chi connectivity index (χ3v) is 2.73. The maximum absolute atomic E-state index is 12.8. The first-order valence-electron chi connectivity index (χ1n) is 5.84. The molecule has 0 spiro atoms. The van der Waals surface area contributed by atoms with Crippen molar-refractivity contribution in [1.29, 1.82) is 0 Å². The number of hydrogen-bond acceptors (Lipinski definition) is 4. The third kappa shape index (κ3) is 3.05. The van der Waals surface area contributed by atoms with Crippen LogP contribution >= 0.6 is 0 Å². The lowest BCUT2D eigenvalue weighted by molar-refractivity contribution is 0.0473. The monoisotopic (exact) mass is 261 g/mol. The molecule has 6 heteroatoms. The fraction of sp³-hybridized carbons (Fsp3) is 0.667. The first-order chi connectivity index (χ1) is 8.38. The van der Waals surface area contributed by atoms with Crippen molar-refractivity contribution in [3.8, 4) is 0 Å². The number of ether oxygens (including phenoxy) is 1. The van der Waals surface area contributed by atoms with Crippen LogP contribution in [0.25, 0.3) is 0 Å². The quantitative estimate of drug-likeness (QED) is 0.760. The summed E-state index contributed by atoms with van der Waals surface area (Å²) in [6.45, 7) is 7.33. The highest BCUT2D eigenvalue weighted by atomic mass is 19.3. The molecule has 1 aromatic rings. The summed E-state index contributed by atoms with van der Waals surface area (Å²) < 4.78 is 35.4. The van der Waals surface area contributed by atoms with Crippen LogP contribution in [0.3, 0.4) is 0 Å². The zero-order chi connectivity index (χ0) is 13.9. The summed E-state index contributed by atoms with van der Waals surface area (Å²) in [6, 6.07) is 0. The van der Waals surface area contributed by atoms with Gasteiger partial charge in [-0.2, -0.15) is 0 Å². The number of carbonyl (C=O) groups is 1. The molecule has 1 atom stereocenters. The number of hydrogen-bond donors (Lipinski definition) is 0. The summed E-state index contributed by atoms with van der Waals surface area (Å²) in [7, 11) is 0. The maximum Gasteiger partial charge on any atom is 0.376 e. The molecule has 0 aromatic carbocycles.